The van der Waals surface area contributed by atoms with Crippen molar-refractivity contribution in [3.63, 3.8) is 0 Å². The molecule has 0 radical (unpaired) electrons. The van der Waals surface area contributed by atoms with E-state index in [0.717, 1.165) is 30.0 Å². The molecule has 3 heterocycles. The molecule has 1 aliphatic rings. The Morgan fingerprint density at radius 3 is 3.05 bits per heavy atom. The van der Waals surface area contributed by atoms with Gasteiger partial charge in [0.2, 0.25) is 5.91 Å². The van der Waals surface area contributed by atoms with Crippen LogP contribution in [0.15, 0.2) is 18.2 Å². The van der Waals surface area contributed by atoms with Crippen LogP contribution in [-0.4, -0.2) is 28.7 Å². The van der Waals surface area contributed by atoms with E-state index in [1.54, 1.807) is 11.3 Å². The van der Waals surface area contributed by atoms with Gasteiger partial charge in [0.15, 0.2) is 5.82 Å². The van der Waals surface area contributed by atoms with E-state index >= 15 is 0 Å². The maximum Gasteiger partial charge on any atom is 0.228 e. The minimum atomic E-state index is 0.0729. The molecule has 1 fully saturated rings. The number of aromatic amines is 1. The van der Waals surface area contributed by atoms with Gasteiger partial charge < -0.3 is 10.6 Å². The summed E-state index contributed by atoms with van der Waals surface area (Å²) in [6.45, 7) is 5.09. The number of carbonyl (C=O) groups excluding carboxylic acids is 1. The highest BCUT2D eigenvalue weighted by atomic mass is 32.1. The average Bonchev–Trinajstić information content (AvgIpc) is 3.07. The average molecular weight is 304 g/mol. The molecule has 1 aliphatic heterocycles. The predicted molar refractivity (Wildman–Crippen MR) is 85.5 cm³/mol. The van der Waals surface area contributed by atoms with Crippen molar-refractivity contribution in [1.29, 1.82) is 0 Å². The number of rotatable bonds is 3. The zero-order chi connectivity index (χ0) is 14.8. The molecule has 0 saturated carbocycles. The van der Waals surface area contributed by atoms with Gasteiger partial charge >= 0.3 is 0 Å². The smallest absolute Gasteiger partial charge is 0.228 e. The van der Waals surface area contributed by atoms with E-state index in [2.05, 4.69) is 46.8 Å². The van der Waals surface area contributed by atoms with Gasteiger partial charge in [0, 0.05) is 22.9 Å². The lowest BCUT2D eigenvalue weighted by molar-refractivity contribution is -0.120. The van der Waals surface area contributed by atoms with Crippen LogP contribution in [0.1, 0.15) is 24.6 Å². The number of hydrogen-bond donors (Lipinski definition) is 3. The Bertz CT molecular complexity index is 633. The molecule has 6 heteroatoms. The van der Waals surface area contributed by atoms with Gasteiger partial charge in [-0.3, -0.25) is 9.89 Å². The summed E-state index contributed by atoms with van der Waals surface area (Å²) in [6.07, 6.45) is 1.77. The summed E-state index contributed by atoms with van der Waals surface area (Å²) in [5, 5.41) is 13.5. The molecule has 0 aromatic carbocycles. The minimum absolute atomic E-state index is 0.0729. The van der Waals surface area contributed by atoms with Crippen LogP contribution >= 0.6 is 11.3 Å². The van der Waals surface area contributed by atoms with Crippen LogP contribution in [0, 0.1) is 12.8 Å². The monoisotopic (exact) mass is 304 g/mol. The summed E-state index contributed by atoms with van der Waals surface area (Å²) in [4.78, 5) is 14.7. The standard InChI is InChI=1S/C15H20N4OS/c1-9-7-11(5-6-16-9)15(20)17-14-8-12(18-19-14)13-4-3-10(2)21-13/h3-4,8-9,11,16H,5-7H2,1-2H3,(H2,17,18,19,20)/t9-,11-/m0/s1. The lowest BCUT2D eigenvalue weighted by Gasteiger charge is -2.26. The molecule has 2 aromatic rings. The van der Waals surface area contributed by atoms with Crippen molar-refractivity contribution in [3.05, 3.63) is 23.1 Å². The number of piperidine rings is 1. The van der Waals surface area contributed by atoms with Crippen molar-refractivity contribution < 1.29 is 4.79 Å². The van der Waals surface area contributed by atoms with Crippen LogP contribution in [0.5, 0.6) is 0 Å². The summed E-state index contributed by atoms with van der Waals surface area (Å²) in [7, 11) is 0. The van der Waals surface area contributed by atoms with Crippen LogP contribution in [0.4, 0.5) is 5.82 Å². The molecule has 5 nitrogen and oxygen atoms in total. The maximum atomic E-state index is 12.3. The molecule has 0 bridgehead atoms. The van der Waals surface area contributed by atoms with Crippen LogP contribution in [0.25, 0.3) is 10.6 Å². The molecule has 3 rings (SSSR count). The van der Waals surface area contributed by atoms with Crippen molar-refractivity contribution in [2.24, 2.45) is 5.92 Å². The molecule has 0 aliphatic carbocycles. The summed E-state index contributed by atoms with van der Waals surface area (Å²) in [6, 6.07) is 6.44. The topological polar surface area (TPSA) is 69.8 Å². The second-order valence-corrected chi connectivity index (χ2v) is 6.93. The first-order valence-corrected chi connectivity index (χ1v) is 8.10. The molecule has 0 spiro atoms. The Labute approximate surface area is 128 Å². The highest BCUT2D eigenvalue weighted by Gasteiger charge is 2.25. The van der Waals surface area contributed by atoms with Gasteiger partial charge in [-0.1, -0.05) is 0 Å². The van der Waals surface area contributed by atoms with Gasteiger partial charge in [-0.05, 0) is 45.4 Å². The van der Waals surface area contributed by atoms with Crippen LogP contribution in [0.2, 0.25) is 0 Å². The Balaban J connectivity index is 1.65. The first kappa shape index (κ1) is 14.3. The van der Waals surface area contributed by atoms with Crippen LogP contribution in [0.3, 0.4) is 0 Å². The number of amides is 1. The highest BCUT2D eigenvalue weighted by molar-refractivity contribution is 7.15. The Kier molecular flexibility index (Phi) is 4.07. The number of H-pyrrole nitrogens is 1. The quantitative estimate of drug-likeness (QED) is 0.816. The SMILES string of the molecule is Cc1ccc(-c2cc(NC(=O)[C@H]3CCN[C@@H](C)C3)n[nH]2)s1. The molecular weight excluding hydrogens is 284 g/mol. The zero-order valence-corrected chi connectivity index (χ0v) is 13.1. The number of nitrogens with zero attached hydrogens (tertiary/aromatic N) is 1. The van der Waals surface area contributed by atoms with E-state index < -0.39 is 0 Å². The summed E-state index contributed by atoms with van der Waals surface area (Å²) in [5.74, 6) is 0.751. The molecule has 1 amide bonds. The number of hydrogen-bond acceptors (Lipinski definition) is 4. The first-order valence-electron chi connectivity index (χ1n) is 7.28. The number of aryl methyl sites for hydroxylation is 1. The molecular formula is C15H20N4OS. The Morgan fingerprint density at radius 2 is 2.33 bits per heavy atom. The number of nitrogens with one attached hydrogen (secondary N) is 3. The van der Waals surface area contributed by atoms with Gasteiger partial charge in [-0.25, -0.2) is 0 Å². The number of anilines is 1. The molecule has 0 unspecified atom stereocenters. The van der Waals surface area contributed by atoms with Gasteiger partial charge in [0.05, 0.1) is 10.6 Å². The fourth-order valence-electron chi connectivity index (χ4n) is 2.69. The molecule has 2 aromatic heterocycles. The van der Waals surface area contributed by atoms with E-state index in [9.17, 15) is 4.79 Å². The van der Waals surface area contributed by atoms with Gasteiger partial charge in [0.1, 0.15) is 0 Å². The van der Waals surface area contributed by atoms with Crippen molar-refractivity contribution in [2.75, 3.05) is 11.9 Å². The predicted octanol–water partition coefficient (Wildman–Crippen LogP) is 2.77. The second-order valence-electron chi connectivity index (χ2n) is 5.64. The van der Waals surface area contributed by atoms with E-state index in [4.69, 9.17) is 0 Å². The molecule has 2 atom stereocenters. The maximum absolute atomic E-state index is 12.3. The summed E-state index contributed by atoms with van der Waals surface area (Å²) < 4.78 is 0. The molecule has 21 heavy (non-hydrogen) atoms. The fourth-order valence-corrected chi connectivity index (χ4v) is 3.52. The van der Waals surface area contributed by atoms with Gasteiger partial charge in [-0.2, -0.15) is 5.10 Å². The van der Waals surface area contributed by atoms with E-state index in [1.165, 1.54) is 4.88 Å². The Morgan fingerprint density at radius 1 is 1.48 bits per heavy atom. The summed E-state index contributed by atoms with van der Waals surface area (Å²) in [5.41, 5.74) is 0.946. The largest absolute Gasteiger partial charge is 0.314 e. The Hall–Kier alpha value is -1.66. The third-order valence-electron chi connectivity index (χ3n) is 3.83. The van der Waals surface area contributed by atoms with Crippen molar-refractivity contribution >= 4 is 23.1 Å². The van der Waals surface area contributed by atoms with Gasteiger partial charge in [0.25, 0.3) is 0 Å². The second kappa shape index (κ2) is 5.99. The first-order chi connectivity index (χ1) is 10.1. The van der Waals surface area contributed by atoms with Crippen LogP contribution in [-0.2, 0) is 4.79 Å². The third kappa shape index (κ3) is 3.33. The number of thiophene rings is 1. The van der Waals surface area contributed by atoms with E-state index in [-0.39, 0.29) is 11.8 Å². The molecule has 112 valence electrons. The van der Waals surface area contributed by atoms with Crippen LogP contribution < -0.4 is 10.6 Å². The normalized spacial score (nSPS) is 22.2. The lowest BCUT2D eigenvalue weighted by atomic mass is 9.92. The van der Waals surface area contributed by atoms with Crippen molar-refractivity contribution in [3.8, 4) is 10.6 Å². The molecule has 3 N–H and O–H groups in total. The minimum Gasteiger partial charge on any atom is -0.314 e. The third-order valence-corrected chi connectivity index (χ3v) is 4.86. The molecule has 1 saturated heterocycles. The van der Waals surface area contributed by atoms with Gasteiger partial charge in [-0.15, -0.1) is 11.3 Å². The fraction of sp³-hybridized carbons (Fsp3) is 0.467. The number of carbonyl (C=O) groups is 1. The van der Waals surface area contributed by atoms with Crippen molar-refractivity contribution in [1.82, 2.24) is 15.5 Å². The van der Waals surface area contributed by atoms with Crippen molar-refractivity contribution in [2.45, 2.75) is 32.7 Å². The number of aromatic nitrogens is 2. The summed E-state index contributed by atoms with van der Waals surface area (Å²) >= 11 is 1.71. The highest BCUT2D eigenvalue weighted by Crippen LogP contribution is 2.27. The van der Waals surface area contributed by atoms with E-state index in [0.29, 0.717) is 11.9 Å². The lowest BCUT2D eigenvalue weighted by Crippen LogP contribution is -2.40. The van der Waals surface area contributed by atoms with E-state index in [1.807, 2.05) is 6.07 Å². The zero-order valence-electron chi connectivity index (χ0n) is 12.3.